The maximum atomic E-state index is 5.53. The first-order valence-corrected chi connectivity index (χ1v) is 19.1. The van der Waals surface area contributed by atoms with Crippen molar-refractivity contribution in [2.24, 2.45) is 28.2 Å². The number of H-pyrrole nitrogens is 2. The Labute approximate surface area is 327 Å². The van der Waals surface area contributed by atoms with Crippen LogP contribution in [0, 0.1) is 27.7 Å². The standard InChI is InChI=1S/C48H45N8/c1-29-13-9-25-53(5)45(29)41-33-17-19-35(49-33)42(46-30(2)14-10-26-54(46)6)37-21-23-39(51-37)44(48-32(4)16-12-28-56(48)8)40-24-22-38(52-40)43(36-20-18-34(41)50-36)47-31(3)15-11-27-55(47)7/h9-28H,1-8H3,(H,49,50,51,52)/q+3/p+1. The minimum absolute atomic E-state index is 0.891. The Hall–Kier alpha value is -6.80. The van der Waals surface area contributed by atoms with Gasteiger partial charge in [-0.3, -0.25) is 0 Å². The molecule has 2 N–H and O–H groups in total. The Morgan fingerprint density at radius 3 is 0.804 bits per heavy atom. The number of aromatic amines is 2. The molecule has 0 radical (unpaired) electrons. The summed E-state index contributed by atoms with van der Waals surface area (Å²) in [6, 6.07) is 25.8. The number of aromatic nitrogens is 8. The van der Waals surface area contributed by atoms with Crippen molar-refractivity contribution in [3.8, 4) is 45.0 Å². The van der Waals surface area contributed by atoms with Gasteiger partial charge in [0.25, 0.3) is 0 Å². The zero-order valence-corrected chi connectivity index (χ0v) is 33.2. The molecular weight excluding hydrogens is 689 g/mol. The summed E-state index contributed by atoms with van der Waals surface area (Å²) in [4.78, 5) is 18.9. The Balaban J connectivity index is 1.55. The minimum atomic E-state index is 0.891. The topological polar surface area (TPSA) is 72.9 Å². The largest absolute Gasteiger partial charge is 0.354 e. The molecule has 56 heavy (non-hydrogen) atoms. The molecule has 8 heteroatoms. The molecule has 9 rings (SSSR count). The molecule has 2 aliphatic rings. The molecule has 0 amide bonds. The Morgan fingerprint density at radius 2 is 0.589 bits per heavy atom. The molecule has 7 aromatic heterocycles. The van der Waals surface area contributed by atoms with Gasteiger partial charge < -0.3 is 9.97 Å². The van der Waals surface area contributed by atoms with Gasteiger partial charge in [0.15, 0.2) is 24.8 Å². The van der Waals surface area contributed by atoms with E-state index >= 15 is 0 Å². The van der Waals surface area contributed by atoms with E-state index in [1.807, 2.05) is 0 Å². The Kier molecular flexibility index (Phi) is 8.42. The van der Waals surface area contributed by atoms with Crippen molar-refractivity contribution in [3.63, 3.8) is 0 Å². The maximum absolute atomic E-state index is 5.53. The van der Waals surface area contributed by atoms with Crippen molar-refractivity contribution in [2.75, 3.05) is 0 Å². The molecule has 0 aromatic carbocycles. The van der Waals surface area contributed by atoms with Gasteiger partial charge in [0, 0.05) is 46.5 Å². The van der Waals surface area contributed by atoms with Gasteiger partial charge in [-0.15, -0.1) is 0 Å². The first-order chi connectivity index (χ1) is 27.1. The van der Waals surface area contributed by atoms with Crippen molar-refractivity contribution in [3.05, 3.63) is 143 Å². The van der Waals surface area contributed by atoms with E-state index in [1.165, 1.54) is 0 Å². The summed E-state index contributed by atoms with van der Waals surface area (Å²) in [5.41, 5.74) is 20.6. The van der Waals surface area contributed by atoms with Crippen LogP contribution in [0.4, 0.5) is 0 Å². The van der Waals surface area contributed by atoms with Gasteiger partial charge in [0.1, 0.15) is 28.2 Å². The first kappa shape index (κ1) is 34.9. The van der Waals surface area contributed by atoms with Gasteiger partial charge in [-0.2, -0.15) is 0 Å². The second-order valence-electron chi connectivity index (χ2n) is 15.1. The zero-order chi connectivity index (χ0) is 38.8. The van der Waals surface area contributed by atoms with Crippen LogP contribution in [0.15, 0.2) is 97.6 Å². The van der Waals surface area contributed by atoms with Crippen LogP contribution < -0.4 is 18.3 Å². The lowest BCUT2D eigenvalue weighted by molar-refractivity contribution is -0.660. The molecule has 8 nitrogen and oxygen atoms in total. The highest BCUT2D eigenvalue weighted by Crippen LogP contribution is 2.38. The molecule has 0 aliphatic carbocycles. The van der Waals surface area contributed by atoms with Crippen LogP contribution in [0.2, 0.25) is 0 Å². The molecule has 0 atom stereocenters. The van der Waals surface area contributed by atoms with Crippen LogP contribution in [0.5, 0.6) is 0 Å². The van der Waals surface area contributed by atoms with Gasteiger partial charge in [-0.05, 0) is 101 Å². The molecule has 9 heterocycles. The average molecular weight is 735 g/mol. The van der Waals surface area contributed by atoms with Crippen molar-refractivity contribution in [1.82, 2.24) is 19.9 Å². The smallest absolute Gasteiger partial charge is 0.219 e. The summed E-state index contributed by atoms with van der Waals surface area (Å²) >= 11 is 0. The lowest BCUT2D eigenvalue weighted by Gasteiger charge is -2.08. The highest BCUT2D eigenvalue weighted by molar-refractivity contribution is 5.98. The fraction of sp³-hybridized carbons (Fsp3) is 0.167. The van der Waals surface area contributed by atoms with E-state index in [4.69, 9.17) is 9.97 Å². The van der Waals surface area contributed by atoms with E-state index in [9.17, 15) is 0 Å². The number of nitrogens with zero attached hydrogens (tertiary/aromatic N) is 6. The van der Waals surface area contributed by atoms with Crippen molar-refractivity contribution < 1.29 is 18.3 Å². The lowest BCUT2D eigenvalue weighted by atomic mass is 10.0. The molecule has 0 unspecified atom stereocenters. The fourth-order valence-electron chi connectivity index (χ4n) is 8.69. The summed E-state index contributed by atoms with van der Waals surface area (Å²) in [5.74, 6) is 0. The molecule has 7 aromatic rings. The van der Waals surface area contributed by atoms with E-state index in [0.29, 0.717) is 0 Å². The average Bonchev–Trinajstić information content (AvgIpc) is 4.00. The zero-order valence-electron chi connectivity index (χ0n) is 33.2. The first-order valence-electron chi connectivity index (χ1n) is 19.1. The fourth-order valence-corrected chi connectivity index (χ4v) is 8.69. The normalized spacial score (nSPS) is 12.1. The molecule has 0 saturated carbocycles. The van der Waals surface area contributed by atoms with Gasteiger partial charge in [0.2, 0.25) is 22.8 Å². The predicted molar refractivity (Wildman–Crippen MR) is 224 cm³/mol. The van der Waals surface area contributed by atoms with Crippen molar-refractivity contribution in [2.45, 2.75) is 27.7 Å². The number of fused-ring (bicyclic) bond motifs is 8. The van der Waals surface area contributed by atoms with Gasteiger partial charge >= 0.3 is 0 Å². The van der Waals surface area contributed by atoms with E-state index in [-0.39, 0.29) is 0 Å². The molecule has 0 saturated heterocycles. The Bertz CT molecular complexity index is 2530. The lowest BCUT2D eigenvalue weighted by Crippen LogP contribution is -2.31. The second kappa shape index (κ2) is 13.5. The molecule has 8 bridgehead atoms. The van der Waals surface area contributed by atoms with Crippen molar-refractivity contribution in [1.29, 1.82) is 0 Å². The third-order valence-corrected chi connectivity index (χ3v) is 11.2. The summed E-state index contributed by atoms with van der Waals surface area (Å²) in [6.45, 7) is 8.68. The highest BCUT2D eigenvalue weighted by atomic mass is 15.0. The summed E-state index contributed by atoms with van der Waals surface area (Å²) in [6.07, 6.45) is 17.1. The van der Waals surface area contributed by atoms with E-state index in [0.717, 1.165) is 112 Å². The molecule has 2 aliphatic heterocycles. The number of pyridine rings is 4. The third kappa shape index (κ3) is 5.68. The summed E-state index contributed by atoms with van der Waals surface area (Å²) in [7, 11) is 8.43. The summed E-state index contributed by atoms with van der Waals surface area (Å²) < 4.78 is 8.78. The van der Waals surface area contributed by atoms with Crippen LogP contribution in [0.3, 0.4) is 0 Å². The van der Waals surface area contributed by atoms with Crippen LogP contribution in [0.1, 0.15) is 45.0 Å². The van der Waals surface area contributed by atoms with Crippen LogP contribution >= 0.6 is 0 Å². The SMILES string of the molecule is Cc1ccc[n+](C)c1-c1c2nc(c(-c3c(C)ccc[n+]3C)c3ccc([nH]3)c(-c3c(C)ccc[n+]3C)c3nc(c(-c4c(C)ccc[n+]4C)c4ccc1[nH]4)C=C3)C=C2. The number of rotatable bonds is 4. The quantitative estimate of drug-likeness (QED) is 0.181. The molecule has 274 valence electrons. The number of nitrogens with one attached hydrogen (secondary N) is 2. The predicted octanol–water partition coefficient (Wildman–Crippen LogP) is 7.86. The highest BCUT2D eigenvalue weighted by Gasteiger charge is 2.28. The van der Waals surface area contributed by atoms with E-state index in [1.54, 1.807) is 0 Å². The van der Waals surface area contributed by atoms with Gasteiger partial charge in [-0.25, -0.2) is 28.2 Å². The van der Waals surface area contributed by atoms with Crippen LogP contribution in [-0.4, -0.2) is 19.9 Å². The molecule has 0 spiro atoms. The van der Waals surface area contributed by atoms with Crippen LogP contribution in [0.25, 0.3) is 91.4 Å². The number of hydrogen-bond donors (Lipinski definition) is 2. The number of aryl methyl sites for hydroxylation is 8. The maximum Gasteiger partial charge on any atom is 0.219 e. The Morgan fingerprint density at radius 1 is 0.357 bits per heavy atom. The van der Waals surface area contributed by atoms with E-state index in [2.05, 4.69) is 206 Å². The minimum Gasteiger partial charge on any atom is -0.354 e. The monoisotopic (exact) mass is 734 g/mol. The van der Waals surface area contributed by atoms with Crippen LogP contribution in [-0.2, 0) is 28.2 Å². The third-order valence-electron chi connectivity index (χ3n) is 11.2. The van der Waals surface area contributed by atoms with Gasteiger partial charge in [0.05, 0.1) is 67.1 Å². The number of hydrogen-bond acceptors (Lipinski definition) is 2. The molecule has 0 fully saturated rings. The molecular formula is C48H46N8+4. The van der Waals surface area contributed by atoms with Gasteiger partial charge in [-0.1, -0.05) is 0 Å². The second-order valence-corrected chi connectivity index (χ2v) is 15.1. The van der Waals surface area contributed by atoms with Crippen molar-refractivity contribution >= 4 is 46.4 Å². The summed E-state index contributed by atoms with van der Waals surface area (Å²) in [5, 5.41) is 0. The van der Waals surface area contributed by atoms with E-state index < -0.39 is 0 Å².